The van der Waals surface area contributed by atoms with Crippen LogP contribution in [0.5, 0.6) is 5.75 Å². The molecule has 0 atom stereocenters. The van der Waals surface area contributed by atoms with Crippen molar-refractivity contribution in [1.82, 2.24) is 10.2 Å². The van der Waals surface area contributed by atoms with Gasteiger partial charge in [-0.2, -0.15) is 0 Å². The number of carbonyl (C=O) groups is 1. The molecule has 0 saturated carbocycles. The van der Waals surface area contributed by atoms with Crippen LogP contribution in [0.2, 0.25) is 0 Å². The minimum absolute atomic E-state index is 0. The third-order valence-corrected chi connectivity index (χ3v) is 4.18. The first-order valence-corrected chi connectivity index (χ1v) is 8.00. The highest BCUT2D eigenvalue weighted by atomic mass is 35.5. The lowest BCUT2D eigenvalue weighted by Crippen LogP contribution is -2.39. The number of hydrogen-bond donors (Lipinski definition) is 1. The molecule has 1 fully saturated rings. The van der Waals surface area contributed by atoms with Crippen molar-refractivity contribution in [3.8, 4) is 5.75 Å². The number of amides is 1. The number of piperidine rings is 1. The molecule has 0 bridgehead atoms. The number of benzene rings is 1. The van der Waals surface area contributed by atoms with Crippen molar-refractivity contribution in [3.63, 3.8) is 0 Å². The van der Waals surface area contributed by atoms with Crippen molar-refractivity contribution >= 4 is 18.3 Å². The minimum atomic E-state index is -0.389. The first-order chi connectivity index (χ1) is 10.7. The Morgan fingerprint density at radius 1 is 1.35 bits per heavy atom. The van der Waals surface area contributed by atoms with Gasteiger partial charge in [-0.1, -0.05) is 12.1 Å². The Morgan fingerprint density at radius 3 is 2.70 bits per heavy atom. The molecule has 0 aliphatic carbocycles. The Bertz CT molecular complexity index is 479. The van der Waals surface area contributed by atoms with Crippen molar-refractivity contribution in [2.24, 2.45) is 5.92 Å². The summed E-state index contributed by atoms with van der Waals surface area (Å²) in [7, 11) is 1.97. The lowest BCUT2D eigenvalue weighted by atomic mass is 9.93. The van der Waals surface area contributed by atoms with Gasteiger partial charge in [0, 0.05) is 13.1 Å². The average Bonchev–Trinajstić information content (AvgIpc) is 2.55. The molecule has 130 valence electrons. The molecule has 1 aliphatic rings. The van der Waals surface area contributed by atoms with Gasteiger partial charge in [-0.05, 0) is 50.9 Å². The number of rotatable bonds is 7. The van der Waals surface area contributed by atoms with E-state index in [9.17, 15) is 9.18 Å². The Balaban J connectivity index is 0.00000264. The Kier molecular flexibility index (Phi) is 8.95. The van der Waals surface area contributed by atoms with Crippen LogP contribution in [0.4, 0.5) is 4.39 Å². The van der Waals surface area contributed by atoms with Crippen molar-refractivity contribution in [1.29, 1.82) is 0 Å². The molecular weight excluding hydrogens is 319 g/mol. The average molecular weight is 345 g/mol. The van der Waals surface area contributed by atoms with E-state index >= 15 is 0 Å². The molecule has 23 heavy (non-hydrogen) atoms. The standard InChI is InChI=1S/C17H25FN2O2.ClH/c1-19-10-6-14-7-11-20(12-8-14)17(21)9-13-22-16-5-3-2-4-15(16)18;/h2-5,14,19H,6-13H2,1H3;1H. The van der Waals surface area contributed by atoms with Crippen LogP contribution in [0.1, 0.15) is 25.7 Å². The molecule has 1 aliphatic heterocycles. The van der Waals surface area contributed by atoms with Crippen molar-refractivity contribution in [3.05, 3.63) is 30.1 Å². The quantitative estimate of drug-likeness (QED) is 0.827. The van der Waals surface area contributed by atoms with Crippen LogP contribution in [-0.4, -0.2) is 44.1 Å². The van der Waals surface area contributed by atoms with E-state index in [-0.39, 0.29) is 36.5 Å². The van der Waals surface area contributed by atoms with Crippen molar-refractivity contribution < 1.29 is 13.9 Å². The fraction of sp³-hybridized carbons (Fsp3) is 0.588. The maximum absolute atomic E-state index is 13.4. The monoisotopic (exact) mass is 344 g/mol. The summed E-state index contributed by atoms with van der Waals surface area (Å²) in [6.07, 6.45) is 3.62. The van der Waals surface area contributed by atoms with Gasteiger partial charge in [0.25, 0.3) is 0 Å². The summed E-state index contributed by atoms with van der Waals surface area (Å²) in [5.74, 6) is 0.635. The number of ether oxygens (including phenoxy) is 1. The van der Waals surface area contributed by atoms with Crippen molar-refractivity contribution in [2.75, 3.05) is 33.3 Å². The molecule has 0 aromatic heterocycles. The number of hydrogen-bond acceptors (Lipinski definition) is 3. The Labute approximate surface area is 143 Å². The second kappa shape index (κ2) is 10.4. The number of likely N-dealkylation sites (tertiary alicyclic amines) is 1. The molecule has 1 amide bonds. The molecule has 0 unspecified atom stereocenters. The second-order valence-corrected chi connectivity index (χ2v) is 5.75. The number of halogens is 2. The SMILES string of the molecule is CNCCC1CCN(C(=O)CCOc2ccccc2F)CC1.Cl. The molecule has 4 nitrogen and oxygen atoms in total. The maximum atomic E-state index is 13.4. The molecule has 6 heteroatoms. The lowest BCUT2D eigenvalue weighted by Gasteiger charge is -2.32. The molecule has 1 heterocycles. The third-order valence-electron chi connectivity index (χ3n) is 4.18. The molecule has 1 aromatic rings. The summed E-state index contributed by atoms with van der Waals surface area (Å²) in [5.41, 5.74) is 0. The zero-order valence-corrected chi connectivity index (χ0v) is 14.4. The van der Waals surface area contributed by atoms with Gasteiger partial charge in [-0.3, -0.25) is 4.79 Å². The van der Waals surface area contributed by atoms with Crippen LogP contribution in [0, 0.1) is 11.7 Å². The van der Waals surface area contributed by atoms with Gasteiger partial charge in [-0.15, -0.1) is 12.4 Å². The molecule has 1 N–H and O–H groups in total. The Morgan fingerprint density at radius 2 is 2.04 bits per heavy atom. The van der Waals surface area contributed by atoms with E-state index < -0.39 is 0 Å². The van der Waals surface area contributed by atoms with Gasteiger partial charge < -0.3 is 15.0 Å². The highest BCUT2D eigenvalue weighted by Gasteiger charge is 2.22. The van der Waals surface area contributed by atoms with Gasteiger partial charge in [0.2, 0.25) is 5.91 Å². The first kappa shape index (κ1) is 19.7. The molecule has 0 radical (unpaired) electrons. The number of nitrogens with one attached hydrogen (secondary N) is 1. The highest BCUT2D eigenvalue weighted by Crippen LogP contribution is 2.21. The molecule has 1 aromatic carbocycles. The van der Waals surface area contributed by atoms with Gasteiger partial charge in [0.05, 0.1) is 13.0 Å². The van der Waals surface area contributed by atoms with Crippen LogP contribution in [-0.2, 0) is 4.79 Å². The lowest BCUT2D eigenvalue weighted by molar-refractivity contribution is -0.133. The van der Waals surface area contributed by atoms with E-state index in [1.54, 1.807) is 18.2 Å². The highest BCUT2D eigenvalue weighted by molar-refractivity contribution is 5.85. The maximum Gasteiger partial charge on any atom is 0.225 e. The number of para-hydroxylation sites is 1. The summed E-state index contributed by atoms with van der Waals surface area (Å²) >= 11 is 0. The van der Waals surface area contributed by atoms with Gasteiger partial charge in [0.15, 0.2) is 11.6 Å². The van der Waals surface area contributed by atoms with Gasteiger partial charge in [-0.25, -0.2) is 4.39 Å². The zero-order chi connectivity index (χ0) is 15.8. The van der Waals surface area contributed by atoms with E-state index in [0.29, 0.717) is 12.3 Å². The fourth-order valence-electron chi connectivity index (χ4n) is 2.79. The van der Waals surface area contributed by atoms with Crippen LogP contribution < -0.4 is 10.1 Å². The van der Waals surface area contributed by atoms with Crippen LogP contribution in [0.25, 0.3) is 0 Å². The molecular formula is C17H26ClFN2O2. The summed E-state index contributed by atoms with van der Waals surface area (Å²) in [6, 6.07) is 6.27. The van der Waals surface area contributed by atoms with Gasteiger partial charge >= 0.3 is 0 Å². The predicted molar refractivity (Wildman–Crippen MR) is 91.6 cm³/mol. The van der Waals surface area contributed by atoms with E-state index in [2.05, 4.69) is 5.32 Å². The normalized spacial score (nSPS) is 15.1. The topological polar surface area (TPSA) is 41.6 Å². The van der Waals surface area contributed by atoms with Crippen LogP contribution in [0.15, 0.2) is 24.3 Å². The predicted octanol–water partition coefficient (Wildman–Crippen LogP) is 2.86. The van der Waals surface area contributed by atoms with Crippen molar-refractivity contribution in [2.45, 2.75) is 25.7 Å². The first-order valence-electron chi connectivity index (χ1n) is 8.00. The second-order valence-electron chi connectivity index (χ2n) is 5.75. The largest absolute Gasteiger partial charge is 0.490 e. The summed E-state index contributed by atoms with van der Waals surface area (Å²) in [6.45, 7) is 2.91. The van der Waals surface area contributed by atoms with E-state index in [4.69, 9.17) is 4.74 Å². The van der Waals surface area contributed by atoms with E-state index in [1.165, 1.54) is 12.5 Å². The van der Waals surface area contributed by atoms with Crippen LogP contribution >= 0.6 is 12.4 Å². The van der Waals surface area contributed by atoms with E-state index in [0.717, 1.165) is 32.5 Å². The summed E-state index contributed by atoms with van der Waals surface area (Å²) in [4.78, 5) is 14.0. The number of carbonyl (C=O) groups excluding carboxylic acids is 1. The van der Waals surface area contributed by atoms with Gasteiger partial charge in [0.1, 0.15) is 0 Å². The molecule has 1 saturated heterocycles. The third kappa shape index (κ3) is 6.36. The summed E-state index contributed by atoms with van der Waals surface area (Å²) < 4.78 is 18.7. The number of nitrogens with zero attached hydrogens (tertiary/aromatic N) is 1. The summed E-state index contributed by atoms with van der Waals surface area (Å²) in [5, 5.41) is 3.17. The van der Waals surface area contributed by atoms with Crippen LogP contribution in [0.3, 0.4) is 0 Å². The molecule has 2 rings (SSSR count). The minimum Gasteiger partial charge on any atom is -0.490 e. The molecule has 0 spiro atoms. The fourth-order valence-corrected chi connectivity index (χ4v) is 2.79. The Hall–Kier alpha value is -1.33. The smallest absolute Gasteiger partial charge is 0.225 e. The zero-order valence-electron chi connectivity index (χ0n) is 13.6. The van der Waals surface area contributed by atoms with E-state index in [1.807, 2.05) is 11.9 Å².